The summed E-state index contributed by atoms with van der Waals surface area (Å²) >= 11 is 0. The van der Waals surface area contributed by atoms with Gasteiger partial charge in [-0.1, -0.05) is 121 Å². The third-order valence-electron chi connectivity index (χ3n) is 9.02. The summed E-state index contributed by atoms with van der Waals surface area (Å²) in [6.07, 6.45) is 0. The summed E-state index contributed by atoms with van der Waals surface area (Å²) in [5.74, 6) is 0. The molecule has 0 saturated heterocycles. The molecule has 46 heavy (non-hydrogen) atoms. The van der Waals surface area contributed by atoms with E-state index in [-0.39, 0.29) is 0 Å². The number of benzene rings is 8. The Hall–Kier alpha value is -6.12. The van der Waals surface area contributed by atoms with Crippen molar-refractivity contribution < 1.29 is 4.42 Å². The average molecular weight is 588 g/mol. The van der Waals surface area contributed by atoms with Crippen LogP contribution in [0.25, 0.3) is 65.7 Å². The van der Waals surface area contributed by atoms with E-state index in [1.807, 2.05) is 0 Å². The van der Waals surface area contributed by atoms with E-state index in [2.05, 4.69) is 181 Å². The van der Waals surface area contributed by atoms with Crippen molar-refractivity contribution >= 4 is 60.5 Å². The Balaban J connectivity index is 1.19. The fourth-order valence-corrected chi connectivity index (χ4v) is 6.71. The summed E-state index contributed by atoms with van der Waals surface area (Å²) in [5.41, 5.74) is 9.77. The minimum Gasteiger partial charge on any atom is -0.455 e. The summed E-state index contributed by atoms with van der Waals surface area (Å²) in [6.45, 7) is 0. The van der Waals surface area contributed by atoms with Crippen molar-refractivity contribution in [1.29, 1.82) is 0 Å². The van der Waals surface area contributed by atoms with E-state index in [4.69, 9.17) is 4.42 Å². The molecule has 9 aromatic rings. The second kappa shape index (κ2) is 10.8. The lowest BCUT2D eigenvalue weighted by Crippen LogP contribution is -2.10. The third kappa shape index (κ3) is 4.51. The van der Waals surface area contributed by atoms with Crippen molar-refractivity contribution in [2.45, 2.75) is 0 Å². The first kappa shape index (κ1) is 26.3. The number of fused-ring (bicyclic) bond motifs is 6. The molecular weight excluding hydrogens is 558 g/mol. The number of hydrogen-bond acceptors (Lipinski definition) is 2. The van der Waals surface area contributed by atoms with Crippen molar-refractivity contribution in [2.24, 2.45) is 0 Å². The minimum atomic E-state index is 0.876. The van der Waals surface area contributed by atoms with Crippen LogP contribution in [-0.2, 0) is 0 Å². The molecule has 0 aliphatic heterocycles. The molecule has 0 bridgehead atoms. The van der Waals surface area contributed by atoms with Gasteiger partial charge in [0.1, 0.15) is 11.2 Å². The summed E-state index contributed by atoms with van der Waals surface area (Å²) in [7, 11) is 0. The van der Waals surface area contributed by atoms with Crippen LogP contribution in [-0.4, -0.2) is 0 Å². The van der Waals surface area contributed by atoms with Crippen LogP contribution in [0.15, 0.2) is 180 Å². The van der Waals surface area contributed by atoms with Gasteiger partial charge in [-0.15, -0.1) is 0 Å². The van der Waals surface area contributed by atoms with E-state index >= 15 is 0 Å². The maximum absolute atomic E-state index is 6.61. The zero-order chi connectivity index (χ0) is 30.5. The molecule has 216 valence electrons. The Kier molecular flexibility index (Phi) is 6.17. The van der Waals surface area contributed by atoms with Crippen LogP contribution in [0.1, 0.15) is 0 Å². The molecule has 0 aliphatic rings. The first-order valence-corrected chi connectivity index (χ1v) is 15.7. The second-order valence-corrected chi connectivity index (χ2v) is 11.8. The van der Waals surface area contributed by atoms with E-state index in [0.29, 0.717) is 0 Å². The predicted octanol–water partition coefficient (Wildman–Crippen LogP) is 12.7. The van der Waals surface area contributed by atoms with Crippen LogP contribution in [0, 0.1) is 0 Å². The largest absolute Gasteiger partial charge is 0.455 e. The summed E-state index contributed by atoms with van der Waals surface area (Å²) in [5, 5.41) is 7.07. The van der Waals surface area contributed by atoms with E-state index in [1.54, 1.807) is 0 Å². The van der Waals surface area contributed by atoms with Gasteiger partial charge in [0.2, 0.25) is 0 Å². The van der Waals surface area contributed by atoms with Gasteiger partial charge in [0, 0.05) is 39.3 Å². The van der Waals surface area contributed by atoms with Crippen LogP contribution >= 0.6 is 0 Å². The maximum atomic E-state index is 6.61. The molecule has 0 aliphatic carbocycles. The van der Waals surface area contributed by atoms with Gasteiger partial charge >= 0.3 is 0 Å². The molecule has 0 amide bonds. The second-order valence-electron chi connectivity index (χ2n) is 11.8. The Morgan fingerprint density at radius 2 is 0.935 bits per heavy atom. The highest BCUT2D eigenvalue weighted by Gasteiger charge is 2.17. The van der Waals surface area contributed by atoms with Crippen LogP contribution in [0.3, 0.4) is 0 Å². The van der Waals surface area contributed by atoms with Crippen molar-refractivity contribution in [2.75, 3.05) is 4.90 Å². The predicted molar refractivity (Wildman–Crippen MR) is 194 cm³/mol. The van der Waals surface area contributed by atoms with Gasteiger partial charge in [-0.2, -0.15) is 0 Å². The molecule has 0 spiro atoms. The van der Waals surface area contributed by atoms with E-state index in [0.717, 1.165) is 44.4 Å². The van der Waals surface area contributed by atoms with Gasteiger partial charge in [0.15, 0.2) is 0 Å². The molecule has 0 radical (unpaired) electrons. The third-order valence-corrected chi connectivity index (χ3v) is 9.02. The van der Waals surface area contributed by atoms with Gasteiger partial charge in [-0.25, -0.2) is 0 Å². The molecule has 2 heteroatoms. The highest BCUT2D eigenvalue weighted by atomic mass is 16.3. The van der Waals surface area contributed by atoms with E-state index < -0.39 is 0 Å². The molecule has 1 aromatic heterocycles. The number of anilines is 3. The van der Waals surface area contributed by atoms with E-state index in [1.165, 1.54) is 38.4 Å². The molecule has 1 heterocycles. The van der Waals surface area contributed by atoms with Gasteiger partial charge in [0.25, 0.3) is 0 Å². The van der Waals surface area contributed by atoms with Gasteiger partial charge in [-0.3, -0.25) is 0 Å². The van der Waals surface area contributed by atoms with Crippen LogP contribution in [0.5, 0.6) is 0 Å². The summed E-state index contributed by atoms with van der Waals surface area (Å²) in [6, 6.07) is 62.7. The lowest BCUT2D eigenvalue weighted by molar-refractivity contribution is 0.672. The smallest absolute Gasteiger partial charge is 0.143 e. The molecule has 0 fully saturated rings. The fraction of sp³-hybridized carbons (Fsp3) is 0. The van der Waals surface area contributed by atoms with Crippen molar-refractivity contribution in [1.82, 2.24) is 0 Å². The molecule has 0 N–H and O–H groups in total. The topological polar surface area (TPSA) is 16.4 Å². The first-order chi connectivity index (χ1) is 22.8. The normalized spacial score (nSPS) is 11.5. The van der Waals surface area contributed by atoms with Crippen LogP contribution in [0.4, 0.5) is 17.1 Å². The van der Waals surface area contributed by atoms with Gasteiger partial charge < -0.3 is 9.32 Å². The Bertz CT molecular complexity index is 2530. The van der Waals surface area contributed by atoms with Crippen LogP contribution in [0.2, 0.25) is 0 Å². The highest BCUT2D eigenvalue weighted by molar-refractivity contribution is 6.15. The number of nitrogens with zero attached hydrogens (tertiary/aromatic N) is 1. The zero-order valence-electron chi connectivity index (χ0n) is 25.1. The van der Waals surface area contributed by atoms with E-state index in [9.17, 15) is 0 Å². The standard InChI is InChI=1S/C44H29NO/c1-2-9-30(10-3-1)35-14-8-15-38(28-35)45(37-22-19-32(20-23-37)36-18-17-31-11-4-5-13-34(31)27-36)39-24-26-41-42-25-21-33-12-6-7-16-40(33)44(42)46-43(41)29-39/h1-29H. The monoisotopic (exact) mass is 587 g/mol. The molecule has 0 unspecified atom stereocenters. The summed E-state index contributed by atoms with van der Waals surface area (Å²) in [4.78, 5) is 2.32. The Morgan fingerprint density at radius 1 is 0.326 bits per heavy atom. The molecule has 0 saturated carbocycles. The quantitative estimate of drug-likeness (QED) is 0.199. The summed E-state index contributed by atoms with van der Waals surface area (Å²) < 4.78 is 6.61. The molecular formula is C44H29NO. The Labute approximate surface area is 267 Å². The van der Waals surface area contributed by atoms with Crippen LogP contribution < -0.4 is 4.90 Å². The number of hydrogen-bond donors (Lipinski definition) is 0. The number of rotatable bonds is 5. The Morgan fingerprint density at radius 3 is 1.80 bits per heavy atom. The van der Waals surface area contributed by atoms with Gasteiger partial charge in [0.05, 0.1) is 0 Å². The SMILES string of the molecule is c1ccc(-c2cccc(N(c3ccc(-c4ccc5ccccc5c4)cc3)c3ccc4c(c3)oc3c5ccccc5ccc43)c2)cc1. The van der Waals surface area contributed by atoms with Crippen molar-refractivity contribution in [3.63, 3.8) is 0 Å². The number of furan rings is 1. The average Bonchev–Trinajstić information content (AvgIpc) is 3.51. The molecule has 9 rings (SSSR count). The van der Waals surface area contributed by atoms with Gasteiger partial charge in [-0.05, 0) is 86.9 Å². The van der Waals surface area contributed by atoms with Crippen molar-refractivity contribution in [3.8, 4) is 22.3 Å². The fourth-order valence-electron chi connectivity index (χ4n) is 6.71. The maximum Gasteiger partial charge on any atom is 0.143 e. The lowest BCUT2D eigenvalue weighted by atomic mass is 10.0. The molecule has 2 nitrogen and oxygen atoms in total. The highest BCUT2D eigenvalue weighted by Crippen LogP contribution is 2.41. The molecule has 0 atom stereocenters. The first-order valence-electron chi connectivity index (χ1n) is 15.7. The lowest BCUT2D eigenvalue weighted by Gasteiger charge is -2.26. The molecule has 8 aromatic carbocycles. The van der Waals surface area contributed by atoms with Crippen molar-refractivity contribution in [3.05, 3.63) is 176 Å². The zero-order valence-corrected chi connectivity index (χ0v) is 25.1. The minimum absolute atomic E-state index is 0.876.